The third-order valence-corrected chi connectivity index (χ3v) is 21.9. The Balaban J connectivity index is 1.40. The average Bonchev–Trinajstić information content (AvgIpc) is 3.13. The fraction of sp³-hybridized carbons (Fsp3) is 0.189. The molecule has 0 aliphatic rings. The Morgan fingerprint density at radius 1 is 0.362 bits per heavy atom. The van der Waals surface area contributed by atoms with Crippen molar-refractivity contribution in [3.8, 4) is 0 Å². The van der Waals surface area contributed by atoms with Gasteiger partial charge in [-0.2, -0.15) is 0 Å². The minimum absolute atomic E-state index is 0.436. The van der Waals surface area contributed by atoms with Crippen LogP contribution in [0.25, 0.3) is 0 Å². The maximum atomic E-state index is 6.79. The summed E-state index contributed by atoms with van der Waals surface area (Å²) in [7, 11) is -1.15. The predicted molar refractivity (Wildman–Crippen MR) is 198 cm³/mol. The van der Waals surface area contributed by atoms with E-state index in [0.717, 1.165) is 27.8 Å². The van der Waals surface area contributed by atoms with E-state index < -0.39 is 20.1 Å². The van der Waals surface area contributed by atoms with E-state index in [2.05, 4.69) is 90.9 Å². The van der Waals surface area contributed by atoms with Gasteiger partial charge in [-0.3, -0.25) is 0 Å². The van der Waals surface area contributed by atoms with E-state index in [1.807, 2.05) is 91.0 Å². The van der Waals surface area contributed by atoms with Gasteiger partial charge >= 0.3 is 297 Å². The van der Waals surface area contributed by atoms with Crippen molar-refractivity contribution in [2.45, 2.75) is 33.0 Å². The Morgan fingerprint density at radius 3 is 0.851 bits per heavy atom. The Kier molecular flexibility index (Phi) is 15.1. The summed E-state index contributed by atoms with van der Waals surface area (Å²) in [5.41, 5.74) is 5.47. The molecule has 0 N–H and O–H groups in total. The van der Waals surface area contributed by atoms with E-state index in [1.165, 1.54) is 0 Å². The maximum absolute atomic E-state index is 6.79. The van der Waals surface area contributed by atoms with Gasteiger partial charge in [0.05, 0.1) is 0 Å². The van der Waals surface area contributed by atoms with E-state index in [0.29, 0.717) is 44.8 Å². The molecular formula is C37H39O5P3Se2. The zero-order valence-electron chi connectivity index (χ0n) is 26.1. The molecule has 47 heavy (non-hydrogen) atoms. The van der Waals surface area contributed by atoms with Crippen LogP contribution in [0.15, 0.2) is 152 Å². The molecule has 5 aromatic rings. The number of hydrogen-bond donors (Lipinski definition) is 0. The summed E-state index contributed by atoms with van der Waals surface area (Å²) < 4.78 is 33.5. The van der Waals surface area contributed by atoms with Crippen LogP contribution in [-0.2, 0) is 55.7 Å². The van der Waals surface area contributed by atoms with Crippen LogP contribution in [0.5, 0.6) is 0 Å². The van der Waals surface area contributed by atoms with Gasteiger partial charge in [0.2, 0.25) is 0 Å². The van der Waals surface area contributed by atoms with Gasteiger partial charge < -0.3 is 0 Å². The molecule has 0 atom stereocenters. The average molecular weight is 815 g/mol. The Bertz CT molecular complexity index is 1500. The van der Waals surface area contributed by atoms with Crippen LogP contribution >= 0.6 is 20.1 Å². The summed E-state index contributed by atoms with van der Waals surface area (Å²) in [4.78, 5) is 0. The van der Waals surface area contributed by atoms with Gasteiger partial charge in [-0.25, -0.2) is 0 Å². The number of rotatable bonds is 19. The van der Waals surface area contributed by atoms with Crippen molar-refractivity contribution in [3.63, 3.8) is 0 Å². The van der Waals surface area contributed by atoms with Crippen LogP contribution in [0.4, 0.5) is 0 Å². The van der Waals surface area contributed by atoms with Gasteiger partial charge in [-0.15, -0.1) is 0 Å². The molecule has 244 valence electrons. The first kappa shape index (κ1) is 36.5. The zero-order valence-corrected chi connectivity index (χ0v) is 32.2. The zero-order chi connectivity index (χ0) is 32.6. The molecule has 0 aliphatic carbocycles. The van der Waals surface area contributed by atoms with Crippen molar-refractivity contribution >= 4 is 50.3 Å². The first-order chi connectivity index (χ1) is 23.0. The van der Waals surface area contributed by atoms with E-state index in [9.17, 15) is 0 Å². The molecule has 0 fully saturated rings. The Hall–Kier alpha value is -1.77. The second kappa shape index (κ2) is 19.4. The topological polar surface area (TPSA) is 46.2 Å². The van der Waals surface area contributed by atoms with Gasteiger partial charge in [-0.05, 0) is 0 Å². The fourth-order valence-corrected chi connectivity index (χ4v) is 18.7. The molecule has 5 aromatic carbocycles. The van der Waals surface area contributed by atoms with Crippen LogP contribution in [0, 0.1) is 0 Å². The van der Waals surface area contributed by atoms with Gasteiger partial charge in [-0.1, -0.05) is 0 Å². The fourth-order valence-electron chi connectivity index (χ4n) is 4.48. The third kappa shape index (κ3) is 13.2. The third-order valence-electron chi connectivity index (χ3n) is 7.00. The molecule has 0 spiro atoms. The number of benzene rings is 5. The van der Waals surface area contributed by atoms with Crippen LogP contribution in [0.3, 0.4) is 0 Å². The monoisotopic (exact) mass is 816 g/mol. The first-order valence-electron chi connectivity index (χ1n) is 15.3. The van der Waals surface area contributed by atoms with Gasteiger partial charge in [0.1, 0.15) is 0 Å². The molecule has 0 aliphatic heterocycles. The van der Waals surface area contributed by atoms with Crippen LogP contribution in [-0.4, -0.2) is 42.0 Å². The predicted octanol–water partition coefficient (Wildman–Crippen LogP) is 10.2. The normalized spacial score (nSPS) is 11.9. The minimum atomic E-state index is -2.55. The second-order valence-electron chi connectivity index (χ2n) is 10.8. The van der Waals surface area contributed by atoms with Crippen molar-refractivity contribution in [1.82, 2.24) is 0 Å². The molecule has 0 saturated heterocycles. The summed E-state index contributed by atoms with van der Waals surface area (Å²) >= 11 is 6.77. The summed E-state index contributed by atoms with van der Waals surface area (Å²) in [6.07, 6.45) is 0. The van der Waals surface area contributed by atoms with Crippen molar-refractivity contribution in [2.75, 3.05) is 11.8 Å². The molecule has 0 unspecified atom stereocenters. The summed E-state index contributed by atoms with van der Waals surface area (Å²) in [6, 6.07) is 51.1. The first-order valence-corrected chi connectivity index (χ1v) is 25.0. The van der Waals surface area contributed by atoms with Crippen molar-refractivity contribution < 1.29 is 22.6 Å². The van der Waals surface area contributed by atoms with E-state index in [4.69, 9.17) is 22.6 Å². The van der Waals surface area contributed by atoms with Crippen molar-refractivity contribution in [1.29, 1.82) is 0 Å². The van der Waals surface area contributed by atoms with Crippen molar-refractivity contribution in [3.05, 3.63) is 179 Å². The number of hydrogen-bond acceptors (Lipinski definition) is 5. The molecule has 0 radical (unpaired) electrons. The summed E-state index contributed by atoms with van der Waals surface area (Å²) in [5, 5.41) is 0. The van der Waals surface area contributed by atoms with Gasteiger partial charge in [0.15, 0.2) is 0 Å². The van der Waals surface area contributed by atoms with Crippen LogP contribution in [0.1, 0.15) is 27.8 Å². The molecule has 0 aromatic heterocycles. The standard InChI is InChI=1S/C37H39O5P3Se2/c46-44(39-27-34-18-8-2-9-19-34,40-28-35-20-10-3-11-21-35)31-43(38-26-33-16-6-1-7-17-33)32-45(47,41-29-36-22-12-4-13-23-36)42-30-37-24-14-5-15-25-37/h1-25H,26-32H2. The van der Waals surface area contributed by atoms with Crippen LogP contribution < -0.4 is 0 Å². The second-order valence-corrected chi connectivity index (χ2v) is 24.7. The summed E-state index contributed by atoms with van der Waals surface area (Å²) in [6.45, 7) is 2.22. The summed E-state index contributed by atoms with van der Waals surface area (Å²) in [5.74, 6) is -3.92. The molecule has 0 bridgehead atoms. The van der Waals surface area contributed by atoms with E-state index in [1.54, 1.807) is 0 Å². The van der Waals surface area contributed by atoms with Crippen molar-refractivity contribution in [2.24, 2.45) is 0 Å². The molecule has 0 heterocycles. The van der Waals surface area contributed by atoms with Gasteiger partial charge in [0.25, 0.3) is 0 Å². The molecule has 5 rings (SSSR count). The van der Waals surface area contributed by atoms with Crippen LogP contribution in [0.2, 0.25) is 0 Å². The van der Waals surface area contributed by atoms with Gasteiger partial charge in [0, 0.05) is 0 Å². The Morgan fingerprint density at radius 2 is 0.596 bits per heavy atom. The SMILES string of the molecule is [Se]=P(CP(CP(=[Se])(OCc1ccccc1)OCc1ccccc1)OCc1ccccc1)(OCc1ccccc1)OCc1ccccc1. The quantitative estimate of drug-likeness (QED) is 0.0614. The molecule has 10 heteroatoms. The Labute approximate surface area is 295 Å². The molecule has 5 nitrogen and oxygen atoms in total. The molecular weight excluding hydrogens is 775 g/mol. The van der Waals surface area contributed by atoms with E-state index >= 15 is 0 Å². The molecule has 0 amide bonds. The molecule has 0 saturated carbocycles. The van der Waals surface area contributed by atoms with E-state index in [-0.39, 0.29) is 0 Å².